The fraction of sp³-hybridized carbons (Fsp3) is 0.136. The van der Waals surface area contributed by atoms with Gasteiger partial charge in [-0.2, -0.15) is 0 Å². The molecular weight excluding hydrogens is 386 g/mol. The van der Waals surface area contributed by atoms with Gasteiger partial charge in [-0.05, 0) is 55.5 Å². The number of nitrogens with zero attached hydrogens (tertiary/aromatic N) is 3. The molecule has 1 unspecified atom stereocenters. The van der Waals surface area contributed by atoms with Gasteiger partial charge in [0.25, 0.3) is 0 Å². The minimum absolute atomic E-state index is 0.0137. The van der Waals surface area contributed by atoms with Gasteiger partial charge < -0.3 is 9.15 Å². The van der Waals surface area contributed by atoms with Crippen LogP contribution in [0, 0.1) is 0 Å². The molecular formula is C22H19N3O3S. The smallest absolute Gasteiger partial charge is 0.205 e. The molecule has 7 heteroatoms. The number of carbonyl (C=O) groups excluding carboxylic acids is 1. The molecule has 0 bridgehead atoms. The third-order valence-electron chi connectivity index (χ3n) is 4.42. The molecule has 0 aliphatic rings. The number of thioether (sulfide) groups is 1. The van der Waals surface area contributed by atoms with E-state index in [9.17, 15) is 4.79 Å². The van der Waals surface area contributed by atoms with Crippen LogP contribution in [0.1, 0.15) is 17.3 Å². The largest absolute Gasteiger partial charge is 0.497 e. The maximum atomic E-state index is 12.9. The third-order valence-corrected chi connectivity index (χ3v) is 5.46. The van der Waals surface area contributed by atoms with E-state index in [2.05, 4.69) is 10.2 Å². The zero-order valence-corrected chi connectivity index (χ0v) is 16.8. The van der Waals surface area contributed by atoms with E-state index >= 15 is 0 Å². The molecule has 2 heterocycles. The highest BCUT2D eigenvalue weighted by molar-refractivity contribution is 8.00. The van der Waals surface area contributed by atoms with Crippen molar-refractivity contribution in [3.8, 4) is 23.0 Å². The number of methoxy groups -OCH3 is 1. The first kappa shape index (κ1) is 19.0. The molecule has 2 aromatic carbocycles. The lowest BCUT2D eigenvalue weighted by Crippen LogP contribution is -2.14. The molecule has 0 saturated carbocycles. The SMILES string of the molecule is COc1ccc(C(=O)C(C)Sc2nnc(-c3ccco3)n2-c2ccccc2)cc1. The van der Waals surface area contributed by atoms with E-state index in [1.807, 2.05) is 54.0 Å². The van der Waals surface area contributed by atoms with Gasteiger partial charge >= 0.3 is 0 Å². The molecule has 2 aromatic heterocycles. The van der Waals surface area contributed by atoms with Gasteiger partial charge in [0, 0.05) is 11.3 Å². The summed E-state index contributed by atoms with van der Waals surface area (Å²) >= 11 is 1.36. The highest BCUT2D eigenvalue weighted by Crippen LogP contribution is 2.31. The highest BCUT2D eigenvalue weighted by Gasteiger charge is 2.23. The quantitative estimate of drug-likeness (QED) is 0.322. The monoisotopic (exact) mass is 405 g/mol. The maximum Gasteiger partial charge on any atom is 0.205 e. The number of ketones is 1. The van der Waals surface area contributed by atoms with E-state index in [4.69, 9.17) is 9.15 Å². The van der Waals surface area contributed by atoms with Crippen LogP contribution in [0.4, 0.5) is 0 Å². The van der Waals surface area contributed by atoms with E-state index in [1.165, 1.54) is 11.8 Å². The van der Waals surface area contributed by atoms with Gasteiger partial charge in [-0.3, -0.25) is 9.36 Å². The van der Waals surface area contributed by atoms with Crippen LogP contribution in [-0.4, -0.2) is 32.9 Å². The summed E-state index contributed by atoms with van der Waals surface area (Å²) in [6.45, 7) is 1.87. The zero-order chi connectivity index (χ0) is 20.2. The Balaban J connectivity index is 1.65. The summed E-state index contributed by atoms with van der Waals surface area (Å²) in [5.74, 6) is 1.93. The Kier molecular flexibility index (Phi) is 5.48. The van der Waals surface area contributed by atoms with Gasteiger partial charge in [0.2, 0.25) is 5.82 Å². The van der Waals surface area contributed by atoms with Crippen LogP contribution < -0.4 is 4.74 Å². The number of hydrogen-bond donors (Lipinski definition) is 0. The second-order valence-electron chi connectivity index (χ2n) is 6.31. The number of furan rings is 1. The van der Waals surface area contributed by atoms with Crippen molar-refractivity contribution in [2.75, 3.05) is 7.11 Å². The first-order chi connectivity index (χ1) is 14.2. The van der Waals surface area contributed by atoms with E-state index in [0.717, 1.165) is 5.69 Å². The van der Waals surface area contributed by atoms with Gasteiger partial charge in [-0.15, -0.1) is 10.2 Å². The van der Waals surface area contributed by atoms with Crippen molar-refractivity contribution in [2.24, 2.45) is 0 Å². The van der Waals surface area contributed by atoms with Gasteiger partial charge in [-0.25, -0.2) is 0 Å². The first-order valence-corrected chi connectivity index (χ1v) is 9.95. The van der Waals surface area contributed by atoms with E-state index in [-0.39, 0.29) is 11.0 Å². The number of ether oxygens (including phenoxy) is 1. The molecule has 6 nitrogen and oxygen atoms in total. The molecule has 146 valence electrons. The molecule has 29 heavy (non-hydrogen) atoms. The van der Waals surface area contributed by atoms with Crippen molar-refractivity contribution < 1.29 is 13.9 Å². The Morgan fingerprint density at radius 3 is 2.45 bits per heavy atom. The summed E-state index contributed by atoms with van der Waals surface area (Å²) in [5, 5.41) is 8.92. The van der Waals surface area contributed by atoms with E-state index < -0.39 is 0 Å². The normalized spacial score (nSPS) is 11.9. The number of hydrogen-bond acceptors (Lipinski definition) is 6. The molecule has 0 radical (unpaired) electrons. The van der Waals surface area contributed by atoms with Gasteiger partial charge in [-0.1, -0.05) is 30.0 Å². The maximum absolute atomic E-state index is 12.9. The summed E-state index contributed by atoms with van der Waals surface area (Å²) in [6.07, 6.45) is 1.60. The highest BCUT2D eigenvalue weighted by atomic mass is 32.2. The van der Waals surface area contributed by atoms with Crippen LogP contribution >= 0.6 is 11.8 Å². The Labute approximate surface area is 172 Å². The first-order valence-electron chi connectivity index (χ1n) is 9.07. The van der Waals surface area contributed by atoms with E-state index in [1.54, 1.807) is 37.6 Å². The Morgan fingerprint density at radius 1 is 1.03 bits per heavy atom. The number of para-hydroxylation sites is 1. The second kappa shape index (κ2) is 8.36. The molecule has 1 atom stereocenters. The fourth-order valence-corrected chi connectivity index (χ4v) is 3.87. The van der Waals surface area contributed by atoms with Crippen LogP contribution in [0.3, 0.4) is 0 Å². The molecule has 0 spiro atoms. The Bertz CT molecular complexity index is 1090. The van der Waals surface area contributed by atoms with Crippen molar-refractivity contribution in [1.82, 2.24) is 14.8 Å². The summed E-state index contributed by atoms with van der Waals surface area (Å²) in [4.78, 5) is 12.9. The molecule has 4 aromatic rings. The van der Waals surface area contributed by atoms with Gasteiger partial charge in [0.1, 0.15) is 5.75 Å². The third kappa shape index (κ3) is 3.95. The molecule has 4 rings (SSSR count). The number of benzene rings is 2. The fourth-order valence-electron chi connectivity index (χ4n) is 2.92. The summed E-state index contributed by atoms with van der Waals surface area (Å²) in [7, 11) is 1.60. The van der Waals surface area contributed by atoms with Crippen LogP contribution in [0.15, 0.2) is 82.6 Å². The summed E-state index contributed by atoms with van der Waals surface area (Å²) < 4.78 is 12.6. The number of carbonyl (C=O) groups is 1. The van der Waals surface area contributed by atoms with Crippen molar-refractivity contribution in [3.63, 3.8) is 0 Å². The van der Waals surface area contributed by atoms with Crippen molar-refractivity contribution in [3.05, 3.63) is 78.6 Å². The van der Waals surface area contributed by atoms with Crippen LogP contribution in [-0.2, 0) is 0 Å². The summed E-state index contributed by atoms with van der Waals surface area (Å²) in [6, 6.07) is 20.5. The van der Waals surface area contributed by atoms with Gasteiger partial charge in [0.05, 0.1) is 18.6 Å². The molecule has 0 N–H and O–H groups in total. The molecule has 0 aliphatic heterocycles. The van der Waals surface area contributed by atoms with Gasteiger partial charge in [0.15, 0.2) is 16.7 Å². The zero-order valence-electron chi connectivity index (χ0n) is 16.0. The Morgan fingerprint density at radius 2 is 1.79 bits per heavy atom. The molecule has 0 aliphatic carbocycles. The predicted octanol–water partition coefficient (Wildman–Crippen LogP) is 4.90. The second-order valence-corrected chi connectivity index (χ2v) is 7.62. The lowest BCUT2D eigenvalue weighted by molar-refractivity contribution is 0.0994. The Hall–Kier alpha value is -3.32. The van der Waals surface area contributed by atoms with E-state index in [0.29, 0.717) is 28.1 Å². The standard InChI is InChI=1S/C22H19N3O3S/c1-15(20(26)16-10-12-18(27-2)13-11-16)29-22-24-23-21(19-9-6-14-28-19)25(22)17-7-4-3-5-8-17/h3-15H,1-2H3. The topological polar surface area (TPSA) is 70.2 Å². The lowest BCUT2D eigenvalue weighted by Gasteiger charge is -2.13. The van der Waals surface area contributed by atoms with Crippen molar-refractivity contribution in [1.29, 1.82) is 0 Å². The van der Waals surface area contributed by atoms with Crippen LogP contribution in [0.2, 0.25) is 0 Å². The average Bonchev–Trinajstić information content (AvgIpc) is 3.43. The lowest BCUT2D eigenvalue weighted by atomic mass is 10.1. The number of aromatic nitrogens is 3. The van der Waals surface area contributed by atoms with Crippen LogP contribution in [0.5, 0.6) is 5.75 Å². The average molecular weight is 405 g/mol. The van der Waals surface area contributed by atoms with Crippen LogP contribution in [0.25, 0.3) is 17.3 Å². The van der Waals surface area contributed by atoms with Crippen molar-refractivity contribution in [2.45, 2.75) is 17.3 Å². The molecule has 0 saturated heterocycles. The number of rotatable bonds is 7. The minimum atomic E-state index is -0.348. The predicted molar refractivity (Wildman–Crippen MR) is 112 cm³/mol. The summed E-state index contributed by atoms with van der Waals surface area (Å²) in [5.41, 5.74) is 1.53. The number of Topliss-reactive ketones (excluding diaryl/α,β-unsaturated/α-hetero) is 1. The van der Waals surface area contributed by atoms with Crippen molar-refractivity contribution >= 4 is 17.5 Å². The molecule has 0 amide bonds. The minimum Gasteiger partial charge on any atom is -0.497 e. The molecule has 0 fully saturated rings.